The van der Waals surface area contributed by atoms with E-state index in [2.05, 4.69) is 4.98 Å². The van der Waals surface area contributed by atoms with Gasteiger partial charge in [0.15, 0.2) is 0 Å². The summed E-state index contributed by atoms with van der Waals surface area (Å²) in [7, 11) is 3.89. The molecule has 1 aromatic heterocycles. The van der Waals surface area contributed by atoms with Crippen molar-refractivity contribution in [3.05, 3.63) is 74.5 Å². The Morgan fingerprint density at radius 3 is 2.29 bits per heavy atom. The van der Waals surface area contributed by atoms with Gasteiger partial charge >= 0.3 is 4.87 Å². The van der Waals surface area contributed by atoms with Crippen molar-refractivity contribution in [3.63, 3.8) is 0 Å². The van der Waals surface area contributed by atoms with E-state index in [0.29, 0.717) is 10.7 Å². The molecule has 3 aromatic rings. The topological polar surface area (TPSA) is 73.5 Å². The second-order valence-electron chi connectivity index (χ2n) is 7.72. The molecule has 31 heavy (non-hydrogen) atoms. The number of aromatic amines is 1. The number of carbonyl (C=O) groups is 2. The number of nitrogens with zero attached hydrogens (tertiary/aromatic N) is 2. The van der Waals surface area contributed by atoms with Crippen LogP contribution in [-0.4, -0.2) is 36.1 Å². The summed E-state index contributed by atoms with van der Waals surface area (Å²) in [5, 5.41) is -0.0196. The van der Waals surface area contributed by atoms with Crippen LogP contribution < -0.4 is 14.7 Å². The van der Waals surface area contributed by atoms with Gasteiger partial charge in [0.2, 0.25) is 11.8 Å². The summed E-state index contributed by atoms with van der Waals surface area (Å²) in [5.74, 6) is -2.18. The zero-order valence-electron chi connectivity index (χ0n) is 16.7. The lowest BCUT2D eigenvalue weighted by atomic mass is 9.83. The Bertz CT molecular complexity index is 1230. The first kappa shape index (κ1) is 20.0. The minimum absolute atomic E-state index is 0.206. The second kappa shape index (κ2) is 7.35. The first-order valence-corrected chi connectivity index (χ1v) is 11.3. The predicted octanol–water partition coefficient (Wildman–Crippen LogP) is 3.44. The van der Waals surface area contributed by atoms with Gasteiger partial charge in [0.05, 0.1) is 16.6 Å². The minimum Gasteiger partial charge on any atom is -0.378 e. The number of thioether (sulfide) groups is 1. The minimum atomic E-state index is -0.658. The fourth-order valence-corrected chi connectivity index (χ4v) is 6.72. The Morgan fingerprint density at radius 1 is 0.968 bits per heavy atom. The third-order valence-electron chi connectivity index (χ3n) is 5.68. The highest BCUT2D eigenvalue weighted by Crippen LogP contribution is 2.53. The molecule has 5 rings (SSSR count). The summed E-state index contributed by atoms with van der Waals surface area (Å²) in [6.07, 6.45) is 0. The molecule has 2 amide bonds. The lowest BCUT2D eigenvalue weighted by molar-refractivity contribution is -0.122. The van der Waals surface area contributed by atoms with E-state index in [0.717, 1.165) is 32.4 Å². The summed E-state index contributed by atoms with van der Waals surface area (Å²) in [6, 6.07) is 13.1. The Kier molecular flexibility index (Phi) is 4.75. The van der Waals surface area contributed by atoms with Gasteiger partial charge < -0.3 is 9.88 Å². The van der Waals surface area contributed by atoms with Crippen molar-refractivity contribution in [2.75, 3.05) is 23.9 Å². The van der Waals surface area contributed by atoms with Crippen molar-refractivity contribution >= 4 is 46.3 Å². The zero-order chi connectivity index (χ0) is 21.9. The number of hydrogen-bond acceptors (Lipinski definition) is 6. The summed E-state index contributed by atoms with van der Waals surface area (Å²) in [6.45, 7) is 0. The van der Waals surface area contributed by atoms with Crippen LogP contribution in [0.2, 0.25) is 0 Å². The fourth-order valence-electron chi connectivity index (χ4n) is 4.20. The van der Waals surface area contributed by atoms with Gasteiger partial charge in [0.25, 0.3) is 0 Å². The van der Waals surface area contributed by atoms with Gasteiger partial charge in [-0.3, -0.25) is 14.4 Å². The number of H-pyrrole nitrogens is 1. The quantitative estimate of drug-likeness (QED) is 0.613. The van der Waals surface area contributed by atoms with Crippen LogP contribution in [0.3, 0.4) is 0 Å². The first-order chi connectivity index (χ1) is 14.8. The SMILES string of the molecule is CN(C)c1ccc([C@@H]2c3sc(=O)[nH]c3S[C@H]3C(=O)N(c4ccc(F)cc4)C(=O)[C@@H]23)cc1. The predicted molar refractivity (Wildman–Crippen MR) is 120 cm³/mol. The maximum atomic E-state index is 13.5. The van der Waals surface area contributed by atoms with Crippen LogP contribution in [0.15, 0.2) is 58.4 Å². The van der Waals surface area contributed by atoms with Gasteiger partial charge in [-0.2, -0.15) is 0 Å². The molecule has 1 N–H and O–H groups in total. The number of carbonyl (C=O) groups excluding carboxylic acids is 2. The second-order valence-corrected chi connectivity index (χ2v) is 9.89. The molecule has 0 radical (unpaired) electrons. The van der Waals surface area contributed by atoms with Gasteiger partial charge in [0, 0.05) is 30.6 Å². The third-order valence-corrected chi connectivity index (χ3v) is 8.08. The van der Waals surface area contributed by atoms with Crippen LogP contribution in [-0.2, 0) is 9.59 Å². The smallest absolute Gasteiger partial charge is 0.305 e. The molecule has 1 saturated heterocycles. The van der Waals surface area contributed by atoms with Crippen LogP contribution >= 0.6 is 23.1 Å². The molecule has 0 unspecified atom stereocenters. The van der Waals surface area contributed by atoms with Gasteiger partial charge in [-0.05, 0) is 42.0 Å². The highest BCUT2D eigenvalue weighted by Gasteiger charge is 2.56. The van der Waals surface area contributed by atoms with E-state index in [1.54, 1.807) is 0 Å². The molecule has 0 bridgehead atoms. The molecule has 2 aliphatic rings. The highest BCUT2D eigenvalue weighted by molar-refractivity contribution is 8.00. The average Bonchev–Trinajstić information content (AvgIpc) is 3.24. The van der Waals surface area contributed by atoms with E-state index in [1.165, 1.54) is 36.0 Å². The van der Waals surface area contributed by atoms with Crippen molar-refractivity contribution in [2.45, 2.75) is 16.2 Å². The van der Waals surface area contributed by atoms with Gasteiger partial charge in [-0.1, -0.05) is 35.2 Å². The van der Waals surface area contributed by atoms with E-state index >= 15 is 0 Å². The number of anilines is 2. The molecule has 158 valence electrons. The normalized spacial score (nSPS) is 22.4. The Hall–Kier alpha value is -2.91. The Labute approximate surface area is 185 Å². The number of thiazole rings is 1. The monoisotopic (exact) mass is 455 g/mol. The number of hydrogen-bond donors (Lipinski definition) is 1. The molecule has 2 aliphatic heterocycles. The third kappa shape index (κ3) is 3.19. The largest absolute Gasteiger partial charge is 0.378 e. The molecule has 0 aliphatic carbocycles. The molecule has 6 nitrogen and oxygen atoms in total. The average molecular weight is 456 g/mol. The number of halogens is 1. The molecule has 9 heteroatoms. The molecule has 3 heterocycles. The van der Waals surface area contributed by atoms with Crippen LogP contribution in [0.25, 0.3) is 0 Å². The van der Waals surface area contributed by atoms with E-state index in [4.69, 9.17) is 0 Å². The number of rotatable bonds is 3. The number of imide groups is 1. The van der Waals surface area contributed by atoms with Crippen molar-refractivity contribution in [1.29, 1.82) is 0 Å². The molecule has 0 spiro atoms. The lowest BCUT2D eigenvalue weighted by Crippen LogP contribution is -2.32. The summed E-state index contributed by atoms with van der Waals surface area (Å²) < 4.78 is 13.4. The number of amides is 2. The van der Waals surface area contributed by atoms with Crippen molar-refractivity contribution < 1.29 is 14.0 Å². The number of benzene rings is 2. The van der Waals surface area contributed by atoms with Gasteiger partial charge in [-0.15, -0.1) is 0 Å². The van der Waals surface area contributed by atoms with Crippen LogP contribution in [0, 0.1) is 11.7 Å². The van der Waals surface area contributed by atoms with E-state index in [9.17, 15) is 18.8 Å². The molecular formula is C22H18FN3O3S2. The van der Waals surface area contributed by atoms with E-state index < -0.39 is 22.9 Å². The van der Waals surface area contributed by atoms with Gasteiger partial charge in [-0.25, -0.2) is 9.29 Å². The summed E-state index contributed by atoms with van der Waals surface area (Å²) in [4.78, 5) is 45.4. The molecule has 2 aromatic carbocycles. The van der Waals surface area contributed by atoms with Crippen LogP contribution in [0.4, 0.5) is 15.8 Å². The number of fused-ring (bicyclic) bond motifs is 2. The Morgan fingerprint density at radius 2 is 1.65 bits per heavy atom. The Balaban J connectivity index is 1.62. The van der Waals surface area contributed by atoms with E-state index in [-0.39, 0.29) is 16.7 Å². The number of aromatic nitrogens is 1. The van der Waals surface area contributed by atoms with Crippen LogP contribution in [0.1, 0.15) is 16.4 Å². The molecular weight excluding hydrogens is 437 g/mol. The van der Waals surface area contributed by atoms with Crippen molar-refractivity contribution in [1.82, 2.24) is 4.98 Å². The lowest BCUT2D eigenvalue weighted by Gasteiger charge is -2.30. The molecule has 3 atom stereocenters. The molecule has 1 fully saturated rings. The number of nitrogens with one attached hydrogen (secondary N) is 1. The first-order valence-electron chi connectivity index (χ1n) is 9.65. The summed E-state index contributed by atoms with van der Waals surface area (Å²) in [5.41, 5.74) is 2.24. The van der Waals surface area contributed by atoms with Crippen molar-refractivity contribution in [2.24, 2.45) is 5.92 Å². The van der Waals surface area contributed by atoms with Crippen molar-refractivity contribution in [3.8, 4) is 0 Å². The standard InChI is InChI=1S/C22H18FN3O3S2/c1-25(2)13-7-3-11(4-8-13)15-16-18(30-19-17(15)31-22(29)24-19)21(28)26(20(16)27)14-9-5-12(23)6-10-14/h3-10,15-16,18H,1-2H3,(H,24,29)/t15-,16-,18+/m0/s1. The zero-order valence-corrected chi connectivity index (χ0v) is 18.3. The fraction of sp³-hybridized carbons (Fsp3) is 0.227. The summed E-state index contributed by atoms with van der Waals surface area (Å²) >= 11 is 2.31. The maximum Gasteiger partial charge on any atom is 0.305 e. The van der Waals surface area contributed by atoms with E-state index in [1.807, 2.05) is 43.3 Å². The molecule has 0 saturated carbocycles. The van der Waals surface area contributed by atoms with Gasteiger partial charge in [0.1, 0.15) is 11.1 Å². The maximum absolute atomic E-state index is 13.5. The highest BCUT2D eigenvalue weighted by atomic mass is 32.2. The van der Waals surface area contributed by atoms with Crippen LogP contribution in [0.5, 0.6) is 0 Å².